The van der Waals surface area contributed by atoms with Crippen LogP contribution in [0.15, 0.2) is 53.9 Å². The predicted octanol–water partition coefficient (Wildman–Crippen LogP) is 2.83. The average Bonchev–Trinajstić information content (AvgIpc) is 3.04. The number of nitrogens with zero attached hydrogens (tertiary/aromatic N) is 2. The lowest BCUT2D eigenvalue weighted by molar-refractivity contribution is -0.384. The molecule has 0 spiro atoms. The molecular formula is C16H10N3O4S-. The molecular weight excluding hydrogens is 330 g/mol. The van der Waals surface area contributed by atoms with E-state index in [-0.39, 0.29) is 11.3 Å². The van der Waals surface area contributed by atoms with Crippen molar-refractivity contribution in [1.29, 1.82) is 0 Å². The van der Waals surface area contributed by atoms with Gasteiger partial charge in [-0.1, -0.05) is 24.3 Å². The Kier molecular flexibility index (Phi) is 4.21. The fraction of sp³-hybridized carbons (Fsp3) is 0. The normalized spacial score (nSPS) is 10.3. The van der Waals surface area contributed by atoms with E-state index in [4.69, 9.17) is 0 Å². The smallest absolute Gasteiger partial charge is 0.270 e. The second kappa shape index (κ2) is 6.47. The molecule has 120 valence electrons. The molecule has 0 radical (unpaired) electrons. The molecule has 7 nitrogen and oxygen atoms in total. The molecule has 8 heteroatoms. The molecule has 0 aliphatic rings. The number of rotatable bonds is 5. The van der Waals surface area contributed by atoms with Crippen molar-refractivity contribution in [2.45, 2.75) is 0 Å². The van der Waals surface area contributed by atoms with Crippen molar-refractivity contribution in [2.24, 2.45) is 0 Å². The van der Waals surface area contributed by atoms with Gasteiger partial charge in [-0.3, -0.25) is 10.1 Å². The van der Waals surface area contributed by atoms with Crippen LogP contribution < -0.4 is 10.4 Å². The van der Waals surface area contributed by atoms with Gasteiger partial charge in [0.2, 0.25) is 0 Å². The first-order valence-electron chi connectivity index (χ1n) is 6.82. The van der Waals surface area contributed by atoms with Crippen molar-refractivity contribution >= 4 is 33.8 Å². The molecule has 2 aromatic carbocycles. The number of nitrogens with one attached hydrogen (secondary N) is 1. The number of carbonyl (C=O) groups excluding carboxylic acids is 1. The summed E-state index contributed by atoms with van der Waals surface area (Å²) in [7, 11) is 0. The van der Waals surface area contributed by atoms with Gasteiger partial charge in [0, 0.05) is 28.8 Å². The van der Waals surface area contributed by atoms with Gasteiger partial charge < -0.3 is 15.2 Å². The summed E-state index contributed by atoms with van der Waals surface area (Å²) in [6.45, 7) is 0. The number of aromatic carboxylic acids is 1. The summed E-state index contributed by atoms with van der Waals surface area (Å²) in [6, 6.07) is 12.3. The van der Waals surface area contributed by atoms with Gasteiger partial charge in [-0.2, -0.15) is 0 Å². The third kappa shape index (κ3) is 3.39. The zero-order valence-corrected chi connectivity index (χ0v) is 12.9. The van der Waals surface area contributed by atoms with Gasteiger partial charge >= 0.3 is 0 Å². The summed E-state index contributed by atoms with van der Waals surface area (Å²) in [5.41, 5.74) is 2.06. The van der Waals surface area contributed by atoms with E-state index >= 15 is 0 Å². The van der Waals surface area contributed by atoms with E-state index in [1.807, 2.05) is 0 Å². The summed E-state index contributed by atoms with van der Waals surface area (Å²) in [6.07, 6.45) is 0. The third-order valence-corrected chi connectivity index (χ3v) is 3.99. The molecule has 0 atom stereocenters. The second-order valence-electron chi connectivity index (χ2n) is 4.84. The van der Waals surface area contributed by atoms with Crippen molar-refractivity contribution in [3.8, 4) is 11.3 Å². The van der Waals surface area contributed by atoms with Crippen molar-refractivity contribution < 1.29 is 14.8 Å². The Morgan fingerprint density at radius 1 is 1.17 bits per heavy atom. The molecule has 3 aromatic rings. The summed E-state index contributed by atoms with van der Waals surface area (Å²) in [4.78, 5) is 25.5. The molecule has 0 fully saturated rings. The Bertz CT molecular complexity index is 906. The van der Waals surface area contributed by atoms with Crippen LogP contribution in [0.4, 0.5) is 16.5 Å². The molecule has 1 heterocycles. The zero-order valence-electron chi connectivity index (χ0n) is 12.1. The maximum atomic E-state index is 10.8. The number of aromatic nitrogens is 1. The zero-order chi connectivity index (χ0) is 17.1. The van der Waals surface area contributed by atoms with E-state index in [9.17, 15) is 20.0 Å². The summed E-state index contributed by atoms with van der Waals surface area (Å²) in [5, 5.41) is 27.0. The Hall–Kier alpha value is -3.26. The Morgan fingerprint density at radius 2 is 1.92 bits per heavy atom. The first-order valence-corrected chi connectivity index (χ1v) is 7.70. The number of hydrogen-bond acceptors (Lipinski definition) is 7. The third-order valence-electron chi connectivity index (χ3n) is 3.23. The summed E-state index contributed by atoms with van der Waals surface area (Å²) < 4.78 is 0. The number of benzene rings is 2. The molecule has 0 saturated heterocycles. The summed E-state index contributed by atoms with van der Waals surface area (Å²) in [5.74, 6) is -1.23. The average molecular weight is 340 g/mol. The number of carboxylic acid groups (broad SMARTS) is 1. The molecule has 0 aliphatic heterocycles. The first kappa shape index (κ1) is 15.6. The topological polar surface area (TPSA) is 108 Å². The molecule has 3 rings (SSSR count). The molecule has 1 aromatic heterocycles. The lowest BCUT2D eigenvalue weighted by Crippen LogP contribution is -2.21. The maximum Gasteiger partial charge on any atom is 0.270 e. The van der Waals surface area contributed by atoms with E-state index in [2.05, 4.69) is 10.3 Å². The largest absolute Gasteiger partial charge is 0.545 e. The molecule has 0 saturated carbocycles. The highest BCUT2D eigenvalue weighted by Gasteiger charge is 2.10. The lowest BCUT2D eigenvalue weighted by Gasteiger charge is -2.05. The van der Waals surface area contributed by atoms with Gasteiger partial charge in [-0.15, -0.1) is 11.3 Å². The fourth-order valence-corrected chi connectivity index (χ4v) is 2.80. The van der Waals surface area contributed by atoms with Crippen LogP contribution in [0, 0.1) is 10.1 Å². The SMILES string of the molecule is O=C([O-])c1ccc(Nc2nc(-c3cccc([N+](=O)[O-])c3)cs2)cc1. The highest BCUT2D eigenvalue weighted by atomic mass is 32.1. The molecule has 0 amide bonds. The number of nitro groups is 1. The van der Waals surface area contributed by atoms with Crippen molar-refractivity contribution in [3.05, 3.63) is 69.6 Å². The minimum atomic E-state index is -1.23. The summed E-state index contributed by atoms with van der Waals surface area (Å²) >= 11 is 1.34. The lowest BCUT2D eigenvalue weighted by atomic mass is 10.1. The van der Waals surface area contributed by atoms with Gasteiger partial charge in [0.15, 0.2) is 5.13 Å². The quantitative estimate of drug-likeness (QED) is 0.565. The number of carboxylic acids is 1. The van der Waals surface area contributed by atoms with Crippen molar-refractivity contribution in [3.63, 3.8) is 0 Å². The van der Waals surface area contributed by atoms with E-state index in [1.54, 1.807) is 29.6 Å². The molecule has 0 bridgehead atoms. The molecule has 0 aliphatic carbocycles. The van der Waals surface area contributed by atoms with Gasteiger partial charge in [0.25, 0.3) is 5.69 Å². The molecule has 1 N–H and O–H groups in total. The highest BCUT2D eigenvalue weighted by molar-refractivity contribution is 7.14. The first-order chi connectivity index (χ1) is 11.5. The molecule has 0 unspecified atom stereocenters. The Morgan fingerprint density at radius 3 is 2.58 bits per heavy atom. The van der Waals surface area contributed by atoms with Crippen LogP contribution in [-0.2, 0) is 0 Å². The van der Waals surface area contributed by atoms with Crippen molar-refractivity contribution in [1.82, 2.24) is 4.98 Å². The number of carbonyl (C=O) groups is 1. The second-order valence-corrected chi connectivity index (χ2v) is 5.69. The standard InChI is InChI=1S/C16H11N3O4S/c20-15(21)10-4-6-12(7-5-10)17-16-18-14(9-24-16)11-2-1-3-13(8-11)19(22)23/h1-9H,(H,17,18)(H,20,21)/p-1. The minimum absolute atomic E-state index is 0.00729. The number of thiazole rings is 1. The number of hydrogen-bond donors (Lipinski definition) is 1. The van der Waals surface area contributed by atoms with E-state index in [0.717, 1.165) is 0 Å². The van der Waals surface area contributed by atoms with Crippen LogP contribution in [0.3, 0.4) is 0 Å². The predicted molar refractivity (Wildman–Crippen MR) is 88.3 cm³/mol. The van der Waals surface area contributed by atoms with E-state index in [0.29, 0.717) is 22.1 Å². The van der Waals surface area contributed by atoms with E-state index in [1.165, 1.54) is 35.6 Å². The van der Waals surface area contributed by atoms with Crippen LogP contribution in [0.1, 0.15) is 10.4 Å². The van der Waals surface area contributed by atoms with Crippen LogP contribution >= 0.6 is 11.3 Å². The Labute approximate surface area is 140 Å². The van der Waals surface area contributed by atoms with Gasteiger partial charge in [-0.05, 0) is 17.7 Å². The maximum absolute atomic E-state index is 10.8. The fourth-order valence-electron chi connectivity index (χ4n) is 2.06. The highest BCUT2D eigenvalue weighted by Crippen LogP contribution is 2.29. The number of nitro benzene ring substituents is 1. The molecule has 24 heavy (non-hydrogen) atoms. The number of anilines is 2. The number of non-ortho nitro benzene ring substituents is 1. The van der Waals surface area contributed by atoms with Crippen LogP contribution in [0.25, 0.3) is 11.3 Å². The van der Waals surface area contributed by atoms with Gasteiger partial charge in [-0.25, -0.2) is 4.98 Å². The van der Waals surface area contributed by atoms with Crippen molar-refractivity contribution in [2.75, 3.05) is 5.32 Å². The van der Waals surface area contributed by atoms with Crippen LogP contribution in [-0.4, -0.2) is 15.9 Å². The van der Waals surface area contributed by atoms with E-state index < -0.39 is 10.9 Å². The van der Waals surface area contributed by atoms with Gasteiger partial charge in [0.1, 0.15) is 0 Å². The minimum Gasteiger partial charge on any atom is -0.545 e. The van der Waals surface area contributed by atoms with Crippen LogP contribution in [0.5, 0.6) is 0 Å². The Balaban J connectivity index is 1.79. The van der Waals surface area contributed by atoms with Gasteiger partial charge in [0.05, 0.1) is 16.6 Å². The van der Waals surface area contributed by atoms with Crippen LogP contribution in [0.2, 0.25) is 0 Å². The monoisotopic (exact) mass is 340 g/mol.